The van der Waals surface area contributed by atoms with Crippen LogP contribution in [0.5, 0.6) is 0 Å². The van der Waals surface area contributed by atoms with Crippen LogP contribution in [0.3, 0.4) is 0 Å². The van der Waals surface area contributed by atoms with Crippen molar-refractivity contribution >= 4 is 30.1 Å². The number of nitrogens with one attached hydrogen (secondary N) is 1. The minimum atomic E-state index is -0.746. The normalized spacial score (nSPS) is 11.5. The summed E-state index contributed by atoms with van der Waals surface area (Å²) in [6.45, 7) is 3.52. The number of hydrogen-bond donors (Lipinski definition) is 3. The zero-order valence-corrected chi connectivity index (χ0v) is 9.86. The van der Waals surface area contributed by atoms with Gasteiger partial charge in [0.15, 0.2) is 0 Å². The van der Waals surface area contributed by atoms with E-state index in [0.717, 1.165) is 11.3 Å². The van der Waals surface area contributed by atoms with Gasteiger partial charge in [-0.15, -0.1) is 0 Å². The number of benzene rings is 1. The van der Waals surface area contributed by atoms with Gasteiger partial charge in [0, 0.05) is 17.1 Å². The smallest absolute Gasteiger partial charge is 0.0632 e. The minimum Gasteiger partial charge on any atom is -0.390 e. The van der Waals surface area contributed by atoms with Crippen LogP contribution in [-0.2, 0) is 6.42 Å². The Morgan fingerprint density at radius 3 is 2.64 bits per heavy atom. The van der Waals surface area contributed by atoms with Crippen LogP contribution in [0.2, 0.25) is 5.02 Å². The molecule has 0 atom stereocenters. The van der Waals surface area contributed by atoms with Gasteiger partial charge >= 0.3 is 0 Å². The van der Waals surface area contributed by atoms with Gasteiger partial charge in [0.05, 0.1) is 5.60 Å². The van der Waals surface area contributed by atoms with Crippen LogP contribution < -0.4 is 4.72 Å². The third-order valence-corrected chi connectivity index (χ3v) is 2.29. The molecule has 0 unspecified atom stereocenters. The lowest BCUT2D eigenvalue weighted by Gasteiger charge is -2.19. The lowest BCUT2D eigenvalue weighted by Crippen LogP contribution is -2.22. The average molecular weight is 232 g/mol. The van der Waals surface area contributed by atoms with E-state index in [2.05, 4.69) is 17.5 Å². The molecule has 1 rings (SSSR count). The summed E-state index contributed by atoms with van der Waals surface area (Å²) in [6, 6.07) is 5.46. The summed E-state index contributed by atoms with van der Waals surface area (Å²) in [5.74, 6) is 0. The Morgan fingerprint density at radius 1 is 1.50 bits per heavy atom. The molecule has 0 saturated heterocycles. The van der Waals surface area contributed by atoms with Crippen molar-refractivity contribution in [3.8, 4) is 0 Å². The van der Waals surface area contributed by atoms with Crippen LogP contribution in [0.4, 0.5) is 5.69 Å². The van der Waals surface area contributed by atoms with E-state index in [9.17, 15) is 5.11 Å². The largest absolute Gasteiger partial charge is 0.390 e. The summed E-state index contributed by atoms with van der Waals surface area (Å²) in [7, 11) is 0. The zero-order chi connectivity index (χ0) is 10.8. The van der Waals surface area contributed by atoms with Gasteiger partial charge in [-0.3, -0.25) is 0 Å². The van der Waals surface area contributed by atoms with E-state index in [4.69, 9.17) is 11.6 Å². The molecular formula is C10H14ClNOS. The first-order valence-corrected chi connectivity index (χ1v) is 5.16. The molecule has 0 amide bonds. The molecule has 14 heavy (non-hydrogen) atoms. The minimum absolute atomic E-state index is 0.538. The molecule has 0 aliphatic heterocycles. The first-order valence-electron chi connectivity index (χ1n) is 4.33. The van der Waals surface area contributed by atoms with Gasteiger partial charge in [0.2, 0.25) is 0 Å². The van der Waals surface area contributed by atoms with E-state index >= 15 is 0 Å². The molecule has 0 heterocycles. The first kappa shape index (κ1) is 11.7. The molecule has 2 nitrogen and oxygen atoms in total. The molecule has 0 aromatic heterocycles. The summed E-state index contributed by atoms with van der Waals surface area (Å²) >= 11 is 9.86. The SMILES string of the molecule is CC(C)(O)Cc1cc(Cl)ccc1NS. The lowest BCUT2D eigenvalue weighted by molar-refractivity contribution is 0.0812. The third kappa shape index (κ3) is 3.40. The Balaban J connectivity index is 2.99. The highest BCUT2D eigenvalue weighted by molar-refractivity contribution is 7.81. The van der Waals surface area contributed by atoms with Gasteiger partial charge in [-0.2, -0.15) is 0 Å². The molecule has 0 bridgehead atoms. The highest BCUT2D eigenvalue weighted by Gasteiger charge is 2.15. The number of rotatable bonds is 3. The standard InChI is InChI=1S/C10H14ClNOS/c1-10(2,13)6-7-5-8(11)3-4-9(7)12-14/h3-5,12-14H,6H2,1-2H3. The Kier molecular flexibility index (Phi) is 3.70. The molecule has 78 valence electrons. The highest BCUT2D eigenvalue weighted by Crippen LogP contribution is 2.25. The molecule has 4 heteroatoms. The van der Waals surface area contributed by atoms with Crippen molar-refractivity contribution in [2.24, 2.45) is 0 Å². The van der Waals surface area contributed by atoms with Crippen LogP contribution in [-0.4, -0.2) is 10.7 Å². The number of halogens is 1. The maximum atomic E-state index is 9.69. The van der Waals surface area contributed by atoms with Crippen LogP contribution in [0.25, 0.3) is 0 Å². The van der Waals surface area contributed by atoms with Gasteiger partial charge in [-0.25, -0.2) is 0 Å². The van der Waals surface area contributed by atoms with E-state index < -0.39 is 5.60 Å². The Bertz CT molecular complexity index is 322. The van der Waals surface area contributed by atoms with Gasteiger partial charge in [0.25, 0.3) is 0 Å². The summed E-state index contributed by atoms with van der Waals surface area (Å²) in [6.07, 6.45) is 0.538. The van der Waals surface area contributed by atoms with Crippen molar-refractivity contribution in [1.29, 1.82) is 0 Å². The fraction of sp³-hybridized carbons (Fsp3) is 0.400. The highest BCUT2D eigenvalue weighted by atomic mass is 35.5. The number of thiol groups is 1. The molecule has 0 fully saturated rings. The third-order valence-electron chi connectivity index (χ3n) is 1.81. The second kappa shape index (κ2) is 4.43. The van der Waals surface area contributed by atoms with Crippen molar-refractivity contribution in [2.75, 3.05) is 4.72 Å². The monoisotopic (exact) mass is 231 g/mol. The number of anilines is 1. The number of aliphatic hydroxyl groups is 1. The fourth-order valence-electron chi connectivity index (χ4n) is 1.28. The van der Waals surface area contributed by atoms with E-state index in [-0.39, 0.29) is 0 Å². The second-order valence-corrected chi connectivity index (χ2v) is 4.56. The van der Waals surface area contributed by atoms with Crippen molar-refractivity contribution in [3.63, 3.8) is 0 Å². The molecular weight excluding hydrogens is 218 g/mol. The number of hydrogen-bond acceptors (Lipinski definition) is 3. The summed E-state index contributed by atoms with van der Waals surface area (Å²) in [5.41, 5.74) is 1.09. The van der Waals surface area contributed by atoms with Crippen LogP contribution in [0, 0.1) is 0 Å². The van der Waals surface area contributed by atoms with E-state index in [1.54, 1.807) is 19.9 Å². The lowest BCUT2D eigenvalue weighted by atomic mass is 9.97. The zero-order valence-electron chi connectivity index (χ0n) is 8.21. The molecule has 1 aromatic rings. The predicted octanol–water partition coefficient (Wildman–Crippen LogP) is 2.91. The quantitative estimate of drug-likeness (QED) is 0.699. The van der Waals surface area contributed by atoms with Crippen molar-refractivity contribution in [2.45, 2.75) is 25.9 Å². The van der Waals surface area contributed by atoms with Crippen LogP contribution in [0.15, 0.2) is 18.2 Å². The molecule has 0 aliphatic carbocycles. The van der Waals surface area contributed by atoms with E-state index in [0.29, 0.717) is 11.4 Å². The topological polar surface area (TPSA) is 32.3 Å². The maximum Gasteiger partial charge on any atom is 0.0632 e. The summed E-state index contributed by atoms with van der Waals surface area (Å²) < 4.78 is 2.77. The van der Waals surface area contributed by atoms with E-state index in [1.165, 1.54) is 0 Å². The first-order chi connectivity index (χ1) is 6.42. The van der Waals surface area contributed by atoms with E-state index in [1.807, 2.05) is 12.1 Å². The molecule has 1 aromatic carbocycles. The van der Waals surface area contributed by atoms with Crippen molar-refractivity contribution < 1.29 is 5.11 Å². The molecule has 0 aliphatic rings. The summed E-state index contributed by atoms with van der Waals surface area (Å²) in [4.78, 5) is 0. The summed E-state index contributed by atoms with van der Waals surface area (Å²) in [5, 5.41) is 10.3. The Morgan fingerprint density at radius 2 is 2.14 bits per heavy atom. The second-order valence-electron chi connectivity index (χ2n) is 3.90. The predicted molar refractivity (Wildman–Crippen MR) is 64.1 cm³/mol. The van der Waals surface area contributed by atoms with Gasteiger partial charge < -0.3 is 9.83 Å². The Hall–Kier alpha value is -0.380. The van der Waals surface area contributed by atoms with Crippen molar-refractivity contribution in [3.05, 3.63) is 28.8 Å². The van der Waals surface area contributed by atoms with Gasteiger partial charge in [-0.05, 0) is 37.6 Å². The maximum absolute atomic E-state index is 9.69. The fourth-order valence-corrected chi connectivity index (χ4v) is 1.70. The van der Waals surface area contributed by atoms with Crippen LogP contribution in [0.1, 0.15) is 19.4 Å². The van der Waals surface area contributed by atoms with Crippen LogP contribution >= 0.6 is 24.4 Å². The average Bonchev–Trinajstić information content (AvgIpc) is 2.01. The molecule has 0 spiro atoms. The molecule has 2 N–H and O–H groups in total. The Labute approximate surface area is 94.8 Å². The molecule has 0 saturated carbocycles. The van der Waals surface area contributed by atoms with Gasteiger partial charge in [0.1, 0.15) is 0 Å². The van der Waals surface area contributed by atoms with Crippen molar-refractivity contribution in [1.82, 2.24) is 0 Å². The molecule has 0 radical (unpaired) electrons. The van der Waals surface area contributed by atoms with Gasteiger partial charge in [-0.1, -0.05) is 24.4 Å².